The summed E-state index contributed by atoms with van der Waals surface area (Å²) in [5.41, 5.74) is 0.901. The van der Waals surface area contributed by atoms with Gasteiger partial charge in [0.05, 0.1) is 12.1 Å². The molecule has 0 bridgehead atoms. The standard InChI is InChI=1S/C24H25F3N4O2/c25-24(26,27)19-9-7-18(8-10-19)23-29-22(33-30-23)16-31-14-12-20(13-15-31)28-21(32)11-6-17-4-2-1-3-5-17/h1-5,7-10,20H,6,11-16H2,(H,28,32). The number of likely N-dealkylation sites (tertiary alicyclic amines) is 1. The van der Waals surface area contributed by atoms with Gasteiger partial charge in [0, 0.05) is 31.1 Å². The molecule has 1 N–H and O–H groups in total. The number of alkyl halides is 3. The molecule has 1 fully saturated rings. The highest BCUT2D eigenvalue weighted by Crippen LogP contribution is 2.30. The van der Waals surface area contributed by atoms with Crippen LogP contribution in [0.4, 0.5) is 13.2 Å². The van der Waals surface area contributed by atoms with Crippen LogP contribution in [-0.4, -0.2) is 40.1 Å². The Hall–Kier alpha value is -3.20. The van der Waals surface area contributed by atoms with Crippen LogP contribution in [0.25, 0.3) is 11.4 Å². The Bertz CT molecular complexity index is 1040. The number of piperidine rings is 1. The van der Waals surface area contributed by atoms with Crippen LogP contribution in [0, 0.1) is 0 Å². The highest BCUT2D eigenvalue weighted by Gasteiger charge is 2.30. The van der Waals surface area contributed by atoms with Crippen molar-refractivity contribution in [1.82, 2.24) is 20.4 Å². The molecule has 0 aliphatic carbocycles. The van der Waals surface area contributed by atoms with Crippen molar-refractivity contribution in [3.05, 3.63) is 71.6 Å². The third-order valence-electron chi connectivity index (χ3n) is 5.73. The van der Waals surface area contributed by atoms with Crippen molar-refractivity contribution in [2.75, 3.05) is 13.1 Å². The van der Waals surface area contributed by atoms with Crippen LogP contribution >= 0.6 is 0 Å². The van der Waals surface area contributed by atoms with Gasteiger partial charge in [0.1, 0.15) is 0 Å². The second kappa shape index (κ2) is 10.2. The monoisotopic (exact) mass is 458 g/mol. The minimum Gasteiger partial charge on any atom is -0.353 e. The highest BCUT2D eigenvalue weighted by molar-refractivity contribution is 5.76. The van der Waals surface area contributed by atoms with Crippen LogP contribution in [-0.2, 0) is 23.9 Å². The Labute approximate surface area is 189 Å². The lowest BCUT2D eigenvalue weighted by molar-refractivity contribution is -0.137. The second-order valence-corrected chi connectivity index (χ2v) is 8.19. The SMILES string of the molecule is O=C(CCc1ccccc1)NC1CCN(Cc2nc(-c3ccc(C(F)(F)F)cc3)no2)CC1. The zero-order valence-corrected chi connectivity index (χ0v) is 18.0. The first kappa shape index (κ1) is 23.0. The molecule has 1 aliphatic heterocycles. The van der Waals surface area contributed by atoms with E-state index in [9.17, 15) is 18.0 Å². The quantitative estimate of drug-likeness (QED) is 0.566. The number of amides is 1. The van der Waals surface area contributed by atoms with Crippen LogP contribution in [0.2, 0.25) is 0 Å². The average Bonchev–Trinajstić information content (AvgIpc) is 3.28. The van der Waals surface area contributed by atoms with Gasteiger partial charge in [-0.25, -0.2) is 0 Å². The van der Waals surface area contributed by atoms with Crippen molar-refractivity contribution in [2.45, 2.75) is 44.4 Å². The summed E-state index contributed by atoms with van der Waals surface area (Å²) in [5.74, 6) is 0.741. The van der Waals surface area contributed by atoms with E-state index >= 15 is 0 Å². The number of rotatable bonds is 7. The van der Waals surface area contributed by atoms with E-state index in [-0.39, 0.29) is 17.8 Å². The molecule has 1 aliphatic rings. The van der Waals surface area contributed by atoms with Crippen LogP contribution in [0.3, 0.4) is 0 Å². The summed E-state index contributed by atoms with van der Waals surface area (Å²) in [6.45, 7) is 2.02. The van der Waals surface area contributed by atoms with Gasteiger partial charge in [0.2, 0.25) is 17.6 Å². The Morgan fingerprint density at radius 1 is 1.06 bits per heavy atom. The molecule has 2 heterocycles. The van der Waals surface area contributed by atoms with Crippen molar-refractivity contribution >= 4 is 5.91 Å². The number of hydrogen-bond donors (Lipinski definition) is 1. The summed E-state index contributed by atoms with van der Waals surface area (Å²) >= 11 is 0. The maximum absolute atomic E-state index is 12.7. The Balaban J connectivity index is 1.22. The van der Waals surface area contributed by atoms with Crippen LogP contribution < -0.4 is 5.32 Å². The summed E-state index contributed by atoms with van der Waals surface area (Å²) in [6, 6.07) is 14.8. The van der Waals surface area contributed by atoms with E-state index in [2.05, 4.69) is 20.4 Å². The summed E-state index contributed by atoms with van der Waals surface area (Å²) in [5, 5.41) is 7.01. The molecule has 2 aromatic carbocycles. The molecule has 1 aromatic heterocycles. The molecule has 6 nitrogen and oxygen atoms in total. The van der Waals surface area contributed by atoms with E-state index < -0.39 is 11.7 Å². The zero-order chi connectivity index (χ0) is 23.3. The van der Waals surface area contributed by atoms with Crippen LogP contribution in [0.1, 0.15) is 36.3 Å². The molecular formula is C24H25F3N4O2. The molecule has 0 radical (unpaired) electrons. The predicted molar refractivity (Wildman–Crippen MR) is 116 cm³/mol. The van der Waals surface area contributed by atoms with E-state index in [1.807, 2.05) is 30.3 Å². The summed E-state index contributed by atoms with van der Waals surface area (Å²) in [4.78, 5) is 18.7. The number of benzene rings is 2. The normalized spacial score (nSPS) is 15.5. The van der Waals surface area contributed by atoms with Crippen molar-refractivity contribution in [2.24, 2.45) is 0 Å². The molecule has 174 valence electrons. The third-order valence-corrected chi connectivity index (χ3v) is 5.73. The number of aryl methyl sites for hydroxylation is 1. The maximum Gasteiger partial charge on any atom is 0.416 e. The number of nitrogens with one attached hydrogen (secondary N) is 1. The average molecular weight is 458 g/mol. The third kappa shape index (κ3) is 6.41. The van der Waals surface area contributed by atoms with E-state index in [1.165, 1.54) is 12.1 Å². The lowest BCUT2D eigenvalue weighted by atomic mass is 10.0. The highest BCUT2D eigenvalue weighted by atomic mass is 19.4. The number of nitrogens with zero attached hydrogens (tertiary/aromatic N) is 3. The molecule has 0 unspecified atom stereocenters. The van der Waals surface area contributed by atoms with Gasteiger partial charge >= 0.3 is 6.18 Å². The number of hydrogen-bond acceptors (Lipinski definition) is 5. The topological polar surface area (TPSA) is 71.3 Å². The molecular weight excluding hydrogens is 433 g/mol. The van der Waals surface area contributed by atoms with E-state index in [4.69, 9.17) is 4.52 Å². The molecule has 0 spiro atoms. The van der Waals surface area contributed by atoms with E-state index in [0.717, 1.165) is 50.0 Å². The van der Waals surface area contributed by atoms with Crippen molar-refractivity contribution in [3.8, 4) is 11.4 Å². The number of aromatic nitrogens is 2. The van der Waals surface area contributed by atoms with Crippen molar-refractivity contribution < 1.29 is 22.5 Å². The smallest absolute Gasteiger partial charge is 0.353 e. The summed E-state index contributed by atoms with van der Waals surface area (Å²) in [7, 11) is 0. The van der Waals surface area contributed by atoms with Crippen molar-refractivity contribution in [1.29, 1.82) is 0 Å². The number of carbonyl (C=O) groups is 1. The largest absolute Gasteiger partial charge is 0.416 e. The first-order valence-electron chi connectivity index (χ1n) is 10.9. The summed E-state index contributed by atoms with van der Waals surface area (Å²) < 4.78 is 43.4. The van der Waals surface area contributed by atoms with Gasteiger partial charge < -0.3 is 9.84 Å². The molecule has 9 heteroatoms. The number of carbonyl (C=O) groups excluding carboxylic acids is 1. The zero-order valence-electron chi connectivity index (χ0n) is 18.0. The first-order chi connectivity index (χ1) is 15.9. The lowest BCUT2D eigenvalue weighted by Crippen LogP contribution is -2.44. The van der Waals surface area contributed by atoms with E-state index in [0.29, 0.717) is 24.4 Å². The van der Waals surface area contributed by atoms with Gasteiger partial charge in [-0.05, 0) is 37.0 Å². The minimum absolute atomic E-state index is 0.0652. The molecule has 33 heavy (non-hydrogen) atoms. The van der Waals surface area contributed by atoms with Gasteiger partial charge in [-0.3, -0.25) is 9.69 Å². The molecule has 1 amide bonds. The molecule has 3 aromatic rings. The Kier molecular flexibility index (Phi) is 7.08. The van der Waals surface area contributed by atoms with Crippen LogP contribution in [0.15, 0.2) is 59.1 Å². The van der Waals surface area contributed by atoms with E-state index in [1.54, 1.807) is 0 Å². The molecule has 4 rings (SSSR count). The Morgan fingerprint density at radius 3 is 2.42 bits per heavy atom. The lowest BCUT2D eigenvalue weighted by Gasteiger charge is -2.31. The second-order valence-electron chi connectivity index (χ2n) is 8.19. The van der Waals surface area contributed by atoms with Gasteiger partial charge in [0.25, 0.3) is 0 Å². The first-order valence-corrected chi connectivity index (χ1v) is 10.9. The minimum atomic E-state index is -4.38. The molecule has 1 saturated heterocycles. The maximum atomic E-state index is 12.7. The number of halogens is 3. The van der Waals surface area contributed by atoms with Gasteiger partial charge in [0.15, 0.2) is 0 Å². The van der Waals surface area contributed by atoms with Gasteiger partial charge in [-0.15, -0.1) is 0 Å². The van der Waals surface area contributed by atoms with Gasteiger partial charge in [-0.1, -0.05) is 47.6 Å². The summed E-state index contributed by atoms with van der Waals surface area (Å²) in [6.07, 6.45) is -1.52. The van der Waals surface area contributed by atoms with Crippen molar-refractivity contribution in [3.63, 3.8) is 0 Å². The van der Waals surface area contributed by atoms with Crippen LogP contribution in [0.5, 0.6) is 0 Å². The molecule has 0 atom stereocenters. The van der Waals surface area contributed by atoms with Gasteiger partial charge in [-0.2, -0.15) is 18.2 Å². The fourth-order valence-electron chi connectivity index (χ4n) is 3.87. The predicted octanol–water partition coefficient (Wildman–Crippen LogP) is 4.47. The fraction of sp³-hybridized carbons (Fsp3) is 0.375. The molecule has 0 saturated carbocycles. The Morgan fingerprint density at radius 2 is 1.76 bits per heavy atom. The fourth-order valence-corrected chi connectivity index (χ4v) is 3.87.